The van der Waals surface area contributed by atoms with Crippen LogP contribution in [0.5, 0.6) is 0 Å². The molecule has 0 N–H and O–H groups in total. The number of hydrogen-bond donors (Lipinski definition) is 0. The second-order valence-electron chi connectivity index (χ2n) is 6.44. The highest BCUT2D eigenvalue weighted by Gasteiger charge is 2.32. The fraction of sp³-hybridized carbons (Fsp3) is 0.636. The molecule has 0 heteroatoms. The van der Waals surface area contributed by atoms with Crippen LogP contribution in [-0.2, 0) is 0 Å². The van der Waals surface area contributed by atoms with Gasteiger partial charge < -0.3 is 0 Å². The maximum absolute atomic E-state index is 3.90. The minimum absolute atomic E-state index is 0.482. The molecule has 0 bridgehead atoms. The summed E-state index contributed by atoms with van der Waals surface area (Å²) in [6, 6.07) is 0. The SMILES string of the molecule is CCC1=[C]C(C2=C(CC)C(CC)=C(CC)C2)C(CC)=C1CC. The van der Waals surface area contributed by atoms with Crippen molar-refractivity contribution in [2.45, 2.75) is 86.5 Å². The van der Waals surface area contributed by atoms with Crippen LogP contribution in [0.2, 0.25) is 0 Å². The Balaban J connectivity index is 2.48. The van der Waals surface area contributed by atoms with E-state index in [2.05, 4.69) is 47.6 Å². The molecule has 2 aliphatic carbocycles. The molecule has 0 aromatic rings. The summed E-state index contributed by atoms with van der Waals surface area (Å²) >= 11 is 0. The second-order valence-corrected chi connectivity index (χ2v) is 6.44. The predicted molar refractivity (Wildman–Crippen MR) is 97.7 cm³/mol. The highest BCUT2D eigenvalue weighted by Crippen LogP contribution is 2.47. The zero-order valence-corrected chi connectivity index (χ0v) is 15.5. The van der Waals surface area contributed by atoms with Crippen LogP contribution in [-0.4, -0.2) is 0 Å². The Bertz CT molecular complexity index is 549. The molecule has 1 radical (unpaired) electrons. The molecular formula is C22H33. The summed E-state index contributed by atoms with van der Waals surface area (Å²) in [6.45, 7) is 13.9. The summed E-state index contributed by atoms with van der Waals surface area (Å²) in [5.41, 5.74) is 11.5. The summed E-state index contributed by atoms with van der Waals surface area (Å²) in [7, 11) is 0. The lowest BCUT2D eigenvalue weighted by molar-refractivity contribution is 0.780. The molecule has 121 valence electrons. The molecule has 0 aromatic carbocycles. The van der Waals surface area contributed by atoms with Gasteiger partial charge in [-0.15, -0.1) is 0 Å². The quantitative estimate of drug-likeness (QED) is 0.470. The molecule has 0 nitrogen and oxygen atoms in total. The molecule has 0 spiro atoms. The lowest BCUT2D eigenvalue weighted by Gasteiger charge is -2.18. The Hall–Kier alpha value is -1.04. The Morgan fingerprint density at radius 1 is 0.727 bits per heavy atom. The third-order valence-electron chi connectivity index (χ3n) is 5.57. The topological polar surface area (TPSA) is 0 Å². The van der Waals surface area contributed by atoms with E-state index < -0.39 is 0 Å². The van der Waals surface area contributed by atoms with E-state index in [1.807, 2.05) is 0 Å². The van der Waals surface area contributed by atoms with Crippen LogP contribution in [0.25, 0.3) is 0 Å². The highest BCUT2D eigenvalue weighted by atomic mass is 14.4. The van der Waals surface area contributed by atoms with Crippen molar-refractivity contribution in [1.29, 1.82) is 0 Å². The van der Waals surface area contributed by atoms with Gasteiger partial charge in [0.2, 0.25) is 0 Å². The number of rotatable bonds is 7. The molecule has 0 heterocycles. The fourth-order valence-electron chi connectivity index (χ4n) is 4.56. The largest absolute Gasteiger partial charge is 0.0629 e. The average molecular weight is 298 g/mol. The average Bonchev–Trinajstić information content (AvgIpc) is 3.10. The predicted octanol–water partition coefficient (Wildman–Crippen LogP) is 7.10. The van der Waals surface area contributed by atoms with Gasteiger partial charge in [0.1, 0.15) is 0 Å². The normalized spacial score (nSPS) is 22.3. The molecule has 0 amide bonds. The first-order valence-electron chi connectivity index (χ1n) is 9.44. The van der Waals surface area contributed by atoms with E-state index in [0.717, 1.165) is 6.42 Å². The molecule has 1 atom stereocenters. The van der Waals surface area contributed by atoms with Crippen LogP contribution in [0, 0.1) is 12.0 Å². The van der Waals surface area contributed by atoms with E-state index in [0.29, 0.717) is 5.92 Å². The number of hydrogen-bond acceptors (Lipinski definition) is 0. The van der Waals surface area contributed by atoms with Crippen LogP contribution in [0.3, 0.4) is 0 Å². The van der Waals surface area contributed by atoms with Gasteiger partial charge in [-0.1, -0.05) is 58.3 Å². The van der Waals surface area contributed by atoms with Gasteiger partial charge in [0.05, 0.1) is 0 Å². The Morgan fingerprint density at radius 3 is 1.82 bits per heavy atom. The smallest absolute Gasteiger partial charge is 0.0278 e. The van der Waals surface area contributed by atoms with Crippen LogP contribution in [0.15, 0.2) is 39.0 Å². The van der Waals surface area contributed by atoms with E-state index in [1.165, 1.54) is 44.1 Å². The molecule has 2 aliphatic rings. The van der Waals surface area contributed by atoms with E-state index in [4.69, 9.17) is 0 Å². The van der Waals surface area contributed by atoms with Crippen molar-refractivity contribution in [3.63, 3.8) is 0 Å². The van der Waals surface area contributed by atoms with Crippen LogP contribution in [0.4, 0.5) is 0 Å². The first-order chi connectivity index (χ1) is 10.7. The zero-order chi connectivity index (χ0) is 16.3. The van der Waals surface area contributed by atoms with Gasteiger partial charge >= 0.3 is 0 Å². The van der Waals surface area contributed by atoms with Crippen LogP contribution < -0.4 is 0 Å². The molecule has 2 rings (SSSR count). The lowest BCUT2D eigenvalue weighted by atomic mass is 9.86. The molecule has 0 saturated heterocycles. The van der Waals surface area contributed by atoms with E-state index in [9.17, 15) is 0 Å². The minimum atomic E-state index is 0.482. The van der Waals surface area contributed by atoms with Crippen molar-refractivity contribution in [2.75, 3.05) is 0 Å². The maximum Gasteiger partial charge on any atom is 0.0278 e. The van der Waals surface area contributed by atoms with Crippen molar-refractivity contribution >= 4 is 0 Å². The Morgan fingerprint density at radius 2 is 1.36 bits per heavy atom. The van der Waals surface area contributed by atoms with Gasteiger partial charge in [0.25, 0.3) is 0 Å². The fourth-order valence-corrected chi connectivity index (χ4v) is 4.56. The van der Waals surface area contributed by atoms with Crippen molar-refractivity contribution in [2.24, 2.45) is 5.92 Å². The first kappa shape index (κ1) is 17.3. The van der Waals surface area contributed by atoms with Crippen molar-refractivity contribution in [1.82, 2.24) is 0 Å². The maximum atomic E-state index is 3.90. The van der Waals surface area contributed by atoms with Gasteiger partial charge in [-0.3, -0.25) is 0 Å². The molecule has 0 saturated carbocycles. The molecule has 1 unspecified atom stereocenters. The van der Waals surface area contributed by atoms with Crippen molar-refractivity contribution < 1.29 is 0 Å². The van der Waals surface area contributed by atoms with Crippen LogP contribution >= 0.6 is 0 Å². The third kappa shape index (κ3) is 2.77. The summed E-state index contributed by atoms with van der Waals surface area (Å²) in [6.07, 6.45) is 12.2. The van der Waals surface area contributed by atoms with E-state index in [1.54, 1.807) is 33.4 Å². The summed E-state index contributed by atoms with van der Waals surface area (Å²) in [4.78, 5) is 0. The molecular weight excluding hydrogens is 264 g/mol. The monoisotopic (exact) mass is 297 g/mol. The first-order valence-corrected chi connectivity index (χ1v) is 9.44. The summed E-state index contributed by atoms with van der Waals surface area (Å²) < 4.78 is 0. The second kappa shape index (κ2) is 7.49. The third-order valence-corrected chi connectivity index (χ3v) is 5.57. The van der Waals surface area contributed by atoms with Gasteiger partial charge in [0.15, 0.2) is 0 Å². The molecule has 0 aromatic heterocycles. The zero-order valence-electron chi connectivity index (χ0n) is 15.5. The Labute approximate surface area is 138 Å². The van der Waals surface area contributed by atoms with Crippen molar-refractivity contribution in [3.8, 4) is 0 Å². The lowest BCUT2D eigenvalue weighted by Crippen LogP contribution is -2.05. The van der Waals surface area contributed by atoms with Gasteiger partial charge in [0, 0.05) is 5.92 Å². The highest BCUT2D eigenvalue weighted by molar-refractivity contribution is 5.54. The molecule has 0 aliphatic heterocycles. The minimum Gasteiger partial charge on any atom is -0.0629 e. The van der Waals surface area contributed by atoms with Crippen molar-refractivity contribution in [3.05, 3.63) is 45.1 Å². The standard InChI is InChI=1S/C22H33/c1-7-15-13-21(19(11-5)17(15)9-3)22-14-16(8-2)18(10-4)20(22)12-6/h22H,7-13H2,1-6H3. The van der Waals surface area contributed by atoms with Gasteiger partial charge in [-0.05, 0) is 73.3 Å². The number of allylic oxidation sites excluding steroid dienone is 8. The summed E-state index contributed by atoms with van der Waals surface area (Å²) in [5.74, 6) is 0.482. The molecule has 0 fully saturated rings. The summed E-state index contributed by atoms with van der Waals surface area (Å²) in [5, 5.41) is 0. The van der Waals surface area contributed by atoms with Gasteiger partial charge in [-0.25, -0.2) is 0 Å². The molecule has 22 heavy (non-hydrogen) atoms. The Kier molecular flexibility index (Phi) is 5.89. The van der Waals surface area contributed by atoms with Crippen LogP contribution in [0.1, 0.15) is 86.5 Å². The van der Waals surface area contributed by atoms with Gasteiger partial charge in [-0.2, -0.15) is 0 Å². The van der Waals surface area contributed by atoms with E-state index in [-0.39, 0.29) is 0 Å². The van der Waals surface area contributed by atoms with E-state index >= 15 is 0 Å².